The van der Waals surface area contributed by atoms with Crippen LogP contribution < -0.4 is 4.74 Å². The van der Waals surface area contributed by atoms with Gasteiger partial charge >= 0.3 is 0 Å². The predicted molar refractivity (Wildman–Crippen MR) is 100 cm³/mol. The second-order valence-electron chi connectivity index (χ2n) is 7.78. The molecular weight excluding hydrogens is 350 g/mol. The SMILES string of the molecule is CC(C)(Oc1ccc(Cl)cc1)C(=O)N1C2CCC1CC(n1cccn1)C2. The van der Waals surface area contributed by atoms with Crippen LogP contribution in [-0.4, -0.2) is 38.3 Å². The van der Waals surface area contributed by atoms with E-state index in [4.69, 9.17) is 16.3 Å². The van der Waals surface area contributed by atoms with E-state index in [1.807, 2.05) is 37.0 Å². The molecule has 0 radical (unpaired) electrons. The van der Waals surface area contributed by atoms with Gasteiger partial charge in [0.1, 0.15) is 5.75 Å². The Morgan fingerprint density at radius 1 is 1.15 bits per heavy atom. The highest BCUT2D eigenvalue weighted by atomic mass is 35.5. The Morgan fingerprint density at radius 3 is 2.38 bits per heavy atom. The van der Waals surface area contributed by atoms with E-state index in [9.17, 15) is 4.79 Å². The zero-order valence-electron chi connectivity index (χ0n) is 15.1. The lowest BCUT2D eigenvalue weighted by Gasteiger charge is -2.42. The average Bonchev–Trinajstić information content (AvgIpc) is 3.23. The van der Waals surface area contributed by atoms with Crippen molar-refractivity contribution in [2.45, 2.75) is 63.3 Å². The molecule has 138 valence electrons. The van der Waals surface area contributed by atoms with Crippen molar-refractivity contribution in [3.05, 3.63) is 47.7 Å². The Balaban J connectivity index is 1.48. The molecule has 0 spiro atoms. The van der Waals surface area contributed by atoms with Crippen LogP contribution in [0.15, 0.2) is 42.7 Å². The topological polar surface area (TPSA) is 47.4 Å². The molecule has 2 saturated heterocycles. The minimum Gasteiger partial charge on any atom is -0.478 e. The molecule has 2 bridgehead atoms. The number of amides is 1. The zero-order chi connectivity index (χ0) is 18.3. The fraction of sp³-hybridized carbons (Fsp3) is 0.500. The van der Waals surface area contributed by atoms with Crippen LogP contribution in [0.1, 0.15) is 45.6 Å². The molecule has 2 fully saturated rings. The van der Waals surface area contributed by atoms with Gasteiger partial charge in [-0.05, 0) is 69.9 Å². The number of rotatable bonds is 4. The fourth-order valence-corrected chi connectivity index (χ4v) is 4.47. The summed E-state index contributed by atoms with van der Waals surface area (Å²) in [5.41, 5.74) is -0.910. The summed E-state index contributed by atoms with van der Waals surface area (Å²) in [6, 6.07) is 10.0. The predicted octanol–water partition coefficient (Wildman–Crippen LogP) is 4.09. The maximum absolute atomic E-state index is 13.3. The number of ether oxygens (including phenoxy) is 1. The number of halogens is 1. The van der Waals surface area contributed by atoms with Crippen LogP contribution in [0.4, 0.5) is 0 Å². The normalized spacial score (nSPS) is 25.3. The molecule has 4 rings (SSSR count). The fourth-order valence-electron chi connectivity index (χ4n) is 4.34. The largest absolute Gasteiger partial charge is 0.478 e. The first-order valence-electron chi connectivity index (χ1n) is 9.20. The van der Waals surface area contributed by atoms with Gasteiger partial charge in [-0.15, -0.1) is 0 Å². The summed E-state index contributed by atoms with van der Waals surface area (Å²) in [7, 11) is 0. The number of benzene rings is 1. The summed E-state index contributed by atoms with van der Waals surface area (Å²) in [5.74, 6) is 0.727. The Morgan fingerprint density at radius 2 is 1.81 bits per heavy atom. The van der Waals surface area contributed by atoms with Crippen LogP contribution in [0, 0.1) is 0 Å². The molecule has 2 aromatic rings. The molecule has 0 saturated carbocycles. The van der Waals surface area contributed by atoms with Crippen molar-refractivity contribution in [2.24, 2.45) is 0 Å². The van der Waals surface area contributed by atoms with Gasteiger partial charge in [0, 0.05) is 29.5 Å². The summed E-state index contributed by atoms with van der Waals surface area (Å²) < 4.78 is 8.07. The van der Waals surface area contributed by atoms with Gasteiger partial charge in [-0.2, -0.15) is 5.10 Å². The molecule has 0 aliphatic carbocycles. The monoisotopic (exact) mass is 373 g/mol. The Labute approximate surface area is 158 Å². The van der Waals surface area contributed by atoms with E-state index in [-0.39, 0.29) is 18.0 Å². The molecule has 6 heteroatoms. The van der Waals surface area contributed by atoms with E-state index < -0.39 is 5.60 Å². The van der Waals surface area contributed by atoms with Crippen molar-refractivity contribution < 1.29 is 9.53 Å². The molecule has 26 heavy (non-hydrogen) atoms. The van der Waals surface area contributed by atoms with E-state index in [0.29, 0.717) is 16.8 Å². The number of nitrogens with zero attached hydrogens (tertiary/aromatic N) is 3. The lowest BCUT2D eigenvalue weighted by atomic mass is 9.95. The maximum atomic E-state index is 13.3. The molecule has 2 aliphatic heterocycles. The van der Waals surface area contributed by atoms with Crippen LogP contribution in [0.2, 0.25) is 5.02 Å². The quantitative estimate of drug-likeness (QED) is 0.811. The average molecular weight is 374 g/mol. The minimum absolute atomic E-state index is 0.0684. The van der Waals surface area contributed by atoms with Crippen molar-refractivity contribution in [1.29, 1.82) is 0 Å². The molecule has 5 nitrogen and oxygen atoms in total. The van der Waals surface area contributed by atoms with Crippen LogP contribution in [0.3, 0.4) is 0 Å². The van der Waals surface area contributed by atoms with Crippen LogP contribution >= 0.6 is 11.6 Å². The summed E-state index contributed by atoms with van der Waals surface area (Å²) in [5, 5.41) is 5.05. The van der Waals surface area contributed by atoms with E-state index in [0.717, 1.165) is 25.7 Å². The maximum Gasteiger partial charge on any atom is 0.266 e. The number of hydrogen-bond donors (Lipinski definition) is 0. The third kappa shape index (κ3) is 3.20. The van der Waals surface area contributed by atoms with Gasteiger partial charge in [0.2, 0.25) is 0 Å². The van der Waals surface area contributed by atoms with E-state index in [1.165, 1.54) is 0 Å². The molecular formula is C20H24ClN3O2. The summed E-state index contributed by atoms with van der Waals surface area (Å²) >= 11 is 5.93. The molecule has 1 amide bonds. The third-order valence-electron chi connectivity index (χ3n) is 5.54. The first kappa shape index (κ1) is 17.4. The van der Waals surface area contributed by atoms with Gasteiger partial charge in [0.25, 0.3) is 5.91 Å². The Kier molecular flexibility index (Phi) is 4.43. The molecule has 3 heterocycles. The van der Waals surface area contributed by atoms with Gasteiger partial charge in [-0.3, -0.25) is 9.48 Å². The first-order chi connectivity index (χ1) is 12.4. The molecule has 0 N–H and O–H groups in total. The van der Waals surface area contributed by atoms with Crippen molar-refractivity contribution in [3.8, 4) is 5.75 Å². The van der Waals surface area contributed by atoms with Gasteiger partial charge in [0.05, 0.1) is 6.04 Å². The minimum atomic E-state index is -0.910. The molecule has 2 unspecified atom stereocenters. The molecule has 2 atom stereocenters. The zero-order valence-corrected chi connectivity index (χ0v) is 15.9. The number of piperidine rings is 1. The summed E-state index contributed by atoms with van der Waals surface area (Å²) in [4.78, 5) is 15.4. The van der Waals surface area contributed by atoms with Crippen molar-refractivity contribution in [2.75, 3.05) is 0 Å². The second-order valence-corrected chi connectivity index (χ2v) is 8.21. The number of carbonyl (C=O) groups excluding carboxylic acids is 1. The molecule has 1 aromatic heterocycles. The van der Waals surface area contributed by atoms with E-state index in [2.05, 4.69) is 10.00 Å². The number of carbonyl (C=O) groups is 1. The number of fused-ring (bicyclic) bond motifs is 2. The lowest BCUT2D eigenvalue weighted by Crippen LogP contribution is -2.55. The third-order valence-corrected chi connectivity index (χ3v) is 5.80. The van der Waals surface area contributed by atoms with E-state index in [1.54, 1.807) is 24.3 Å². The highest BCUT2D eigenvalue weighted by Gasteiger charge is 2.48. The van der Waals surface area contributed by atoms with Gasteiger partial charge < -0.3 is 9.64 Å². The Bertz CT molecular complexity index is 759. The summed E-state index contributed by atoms with van der Waals surface area (Å²) in [6.45, 7) is 3.70. The summed E-state index contributed by atoms with van der Waals surface area (Å²) in [6.07, 6.45) is 7.88. The number of hydrogen-bond acceptors (Lipinski definition) is 3. The van der Waals surface area contributed by atoms with E-state index >= 15 is 0 Å². The lowest BCUT2D eigenvalue weighted by molar-refractivity contribution is -0.150. The van der Waals surface area contributed by atoms with Crippen molar-refractivity contribution >= 4 is 17.5 Å². The van der Waals surface area contributed by atoms with Gasteiger partial charge in [-0.1, -0.05) is 11.6 Å². The highest BCUT2D eigenvalue weighted by molar-refractivity contribution is 6.30. The van der Waals surface area contributed by atoms with Crippen molar-refractivity contribution in [3.63, 3.8) is 0 Å². The van der Waals surface area contributed by atoms with Crippen LogP contribution in [0.5, 0.6) is 5.75 Å². The highest BCUT2D eigenvalue weighted by Crippen LogP contribution is 2.42. The van der Waals surface area contributed by atoms with Gasteiger partial charge in [-0.25, -0.2) is 0 Å². The second kappa shape index (κ2) is 6.62. The van der Waals surface area contributed by atoms with Crippen LogP contribution in [-0.2, 0) is 4.79 Å². The van der Waals surface area contributed by atoms with Gasteiger partial charge in [0.15, 0.2) is 5.60 Å². The number of aromatic nitrogens is 2. The Hall–Kier alpha value is -2.01. The molecule has 2 aliphatic rings. The smallest absolute Gasteiger partial charge is 0.266 e. The molecule has 1 aromatic carbocycles. The van der Waals surface area contributed by atoms with Crippen molar-refractivity contribution in [1.82, 2.24) is 14.7 Å². The van der Waals surface area contributed by atoms with Crippen LogP contribution in [0.25, 0.3) is 0 Å². The standard InChI is InChI=1S/C20H24ClN3O2/c1-20(2,26-18-8-4-14(21)5-9-18)19(25)24-15-6-7-16(24)13-17(12-15)23-11-3-10-22-23/h3-5,8-11,15-17H,6-7,12-13H2,1-2H3. The first-order valence-corrected chi connectivity index (χ1v) is 9.58.